The predicted molar refractivity (Wildman–Crippen MR) is 101 cm³/mol. The van der Waals surface area contributed by atoms with Crippen LogP contribution in [-0.4, -0.2) is 44.1 Å². The predicted octanol–water partition coefficient (Wildman–Crippen LogP) is 3.20. The van der Waals surface area contributed by atoms with Gasteiger partial charge in [-0.1, -0.05) is 6.07 Å². The molecule has 1 aliphatic rings. The first-order valence-electron chi connectivity index (χ1n) is 9.39. The zero-order valence-corrected chi connectivity index (χ0v) is 16.6. The molecule has 1 aromatic heterocycles. The topological polar surface area (TPSA) is 119 Å². The van der Waals surface area contributed by atoms with Crippen LogP contribution in [0.4, 0.5) is 22.4 Å². The third kappa shape index (κ3) is 4.61. The standard InChI is InChI=1S/C20H17F4N5O3/c1-10-12(6-25)5-16(29(10)19(31)32)17(30)26-7-13-4-11(2-3-15(13)21)14-8-27-18(28-9-14)20(22,23)24/h2-4,8-10,12,16H,5,7H2,1H3,(H,26,30)(H,31,32)/t10-,12-,16-/m0/s1. The maximum absolute atomic E-state index is 14.2. The lowest BCUT2D eigenvalue weighted by atomic mass is 10.0. The van der Waals surface area contributed by atoms with E-state index < -0.39 is 47.8 Å². The number of alkyl halides is 3. The normalized spacial score (nSPS) is 20.6. The molecule has 2 aromatic rings. The number of likely N-dealkylation sites (tertiary alicyclic amines) is 1. The van der Waals surface area contributed by atoms with Gasteiger partial charge >= 0.3 is 12.3 Å². The Balaban J connectivity index is 1.75. The zero-order chi connectivity index (χ0) is 23.6. The number of hydrogen-bond acceptors (Lipinski definition) is 5. The van der Waals surface area contributed by atoms with Gasteiger partial charge in [-0.25, -0.2) is 19.2 Å². The lowest BCUT2D eigenvalue weighted by molar-refractivity contribution is -0.145. The van der Waals surface area contributed by atoms with E-state index in [1.807, 2.05) is 6.07 Å². The van der Waals surface area contributed by atoms with Crippen LogP contribution in [-0.2, 0) is 17.5 Å². The monoisotopic (exact) mass is 451 g/mol. The molecular weight excluding hydrogens is 434 g/mol. The maximum atomic E-state index is 14.2. The van der Waals surface area contributed by atoms with Crippen LogP contribution in [0.25, 0.3) is 11.1 Å². The van der Waals surface area contributed by atoms with Gasteiger partial charge in [0.25, 0.3) is 0 Å². The fourth-order valence-electron chi connectivity index (χ4n) is 3.54. The van der Waals surface area contributed by atoms with E-state index in [4.69, 9.17) is 5.26 Å². The molecule has 0 bridgehead atoms. The van der Waals surface area contributed by atoms with E-state index in [-0.39, 0.29) is 24.1 Å². The van der Waals surface area contributed by atoms with Crippen LogP contribution in [0.2, 0.25) is 0 Å². The van der Waals surface area contributed by atoms with E-state index in [0.717, 1.165) is 23.4 Å². The number of nitrogens with zero attached hydrogens (tertiary/aromatic N) is 4. The Labute approximate surface area is 179 Å². The summed E-state index contributed by atoms with van der Waals surface area (Å²) in [5.74, 6) is -3.31. The Morgan fingerprint density at radius 2 is 1.94 bits per heavy atom. The minimum absolute atomic E-state index is 0.0151. The Kier molecular flexibility index (Phi) is 6.29. The fraction of sp³-hybridized carbons (Fsp3) is 0.350. The number of nitrogens with one attached hydrogen (secondary N) is 1. The summed E-state index contributed by atoms with van der Waals surface area (Å²) in [7, 11) is 0. The number of benzene rings is 1. The lowest BCUT2D eigenvalue weighted by Crippen LogP contribution is -2.47. The van der Waals surface area contributed by atoms with Gasteiger partial charge in [0.2, 0.25) is 11.7 Å². The molecule has 0 aliphatic carbocycles. The molecule has 3 rings (SSSR count). The smallest absolute Gasteiger partial charge is 0.451 e. The average Bonchev–Trinajstić information content (AvgIpc) is 3.09. The molecule has 2 amide bonds. The maximum Gasteiger partial charge on any atom is 0.451 e. The van der Waals surface area contributed by atoms with Crippen molar-refractivity contribution in [3.8, 4) is 17.2 Å². The van der Waals surface area contributed by atoms with Gasteiger partial charge < -0.3 is 10.4 Å². The first-order valence-corrected chi connectivity index (χ1v) is 9.39. The molecule has 1 aromatic carbocycles. The van der Waals surface area contributed by atoms with Gasteiger partial charge in [0.1, 0.15) is 11.9 Å². The highest BCUT2D eigenvalue weighted by molar-refractivity contribution is 5.86. The SMILES string of the molecule is C[C@H]1[C@H](C#N)C[C@@H](C(=O)NCc2cc(-c3cnc(C(F)(F)F)nc3)ccc2F)N1C(=O)O. The van der Waals surface area contributed by atoms with Crippen LogP contribution in [0.1, 0.15) is 24.7 Å². The van der Waals surface area contributed by atoms with E-state index in [1.165, 1.54) is 19.1 Å². The van der Waals surface area contributed by atoms with Gasteiger partial charge in [0.15, 0.2) is 0 Å². The lowest BCUT2D eigenvalue weighted by Gasteiger charge is -2.24. The number of rotatable bonds is 4. The molecule has 168 valence electrons. The Bertz CT molecular complexity index is 1070. The summed E-state index contributed by atoms with van der Waals surface area (Å²) in [6, 6.07) is 3.95. The van der Waals surface area contributed by atoms with Crippen LogP contribution in [0, 0.1) is 23.1 Å². The molecule has 8 nitrogen and oxygen atoms in total. The highest BCUT2D eigenvalue weighted by Crippen LogP contribution is 2.30. The number of carbonyl (C=O) groups excluding carboxylic acids is 1. The van der Waals surface area contributed by atoms with Crippen molar-refractivity contribution in [2.45, 2.75) is 38.1 Å². The summed E-state index contributed by atoms with van der Waals surface area (Å²) >= 11 is 0. The molecule has 0 unspecified atom stereocenters. The molecule has 2 heterocycles. The van der Waals surface area contributed by atoms with E-state index in [9.17, 15) is 32.3 Å². The molecular formula is C20H17F4N5O3. The van der Waals surface area contributed by atoms with Gasteiger partial charge in [-0.15, -0.1) is 0 Å². The summed E-state index contributed by atoms with van der Waals surface area (Å²) < 4.78 is 52.1. The first kappa shape index (κ1) is 22.9. The first-order chi connectivity index (χ1) is 15.0. The number of hydrogen-bond donors (Lipinski definition) is 2. The summed E-state index contributed by atoms with van der Waals surface area (Å²) in [6.07, 6.45) is -4.11. The summed E-state index contributed by atoms with van der Waals surface area (Å²) in [5.41, 5.74) is 0.570. The Morgan fingerprint density at radius 1 is 1.28 bits per heavy atom. The third-order valence-electron chi connectivity index (χ3n) is 5.26. The van der Waals surface area contributed by atoms with Crippen LogP contribution in [0.5, 0.6) is 0 Å². The van der Waals surface area contributed by atoms with E-state index in [1.54, 1.807) is 0 Å². The van der Waals surface area contributed by atoms with Crippen molar-refractivity contribution in [1.82, 2.24) is 20.2 Å². The second-order valence-corrected chi connectivity index (χ2v) is 7.23. The average molecular weight is 451 g/mol. The van der Waals surface area contributed by atoms with Crippen molar-refractivity contribution in [3.05, 3.63) is 47.8 Å². The van der Waals surface area contributed by atoms with Crippen molar-refractivity contribution >= 4 is 12.0 Å². The fourth-order valence-corrected chi connectivity index (χ4v) is 3.54. The quantitative estimate of drug-likeness (QED) is 0.689. The second kappa shape index (κ2) is 8.78. The van der Waals surface area contributed by atoms with Gasteiger partial charge in [0.05, 0.1) is 12.0 Å². The molecule has 0 saturated carbocycles. The van der Waals surface area contributed by atoms with Crippen LogP contribution in [0.15, 0.2) is 30.6 Å². The van der Waals surface area contributed by atoms with Crippen LogP contribution in [0.3, 0.4) is 0 Å². The molecule has 0 spiro atoms. The van der Waals surface area contributed by atoms with Gasteiger partial charge in [-0.05, 0) is 31.0 Å². The highest BCUT2D eigenvalue weighted by atomic mass is 19.4. The van der Waals surface area contributed by atoms with Crippen LogP contribution >= 0.6 is 0 Å². The highest BCUT2D eigenvalue weighted by Gasteiger charge is 2.45. The van der Waals surface area contributed by atoms with Crippen molar-refractivity contribution in [1.29, 1.82) is 5.26 Å². The molecule has 1 aliphatic heterocycles. The largest absolute Gasteiger partial charge is 0.465 e. The second-order valence-electron chi connectivity index (χ2n) is 7.23. The molecule has 1 saturated heterocycles. The van der Waals surface area contributed by atoms with Crippen molar-refractivity contribution in [3.63, 3.8) is 0 Å². The zero-order valence-electron chi connectivity index (χ0n) is 16.6. The van der Waals surface area contributed by atoms with E-state index in [0.29, 0.717) is 5.56 Å². The number of halogens is 4. The van der Waals surface area contributed by atoms with Gasteiger partial charge in [0, 0.05) is 36.1 Å². The molecule has 32 heavy (non-hydrogen) atoms. The summed E-state index contributed by atoms with van der Waals surface area (Å²) in [5, 5.41) is 21.0. The van der Waals surface area contributed by atoms with Crippen molar-refractivity contribution < 1.29 is 32.3 Å². The Hall–Kier alpha value is -3.75. The minimum atomic E-state index is -4.69. The number of amides is 2. The summed E-state index contributed by atoms with van der Waals surface area (Å²) in [4.78, 5) is 31.5. The van der Waals surface area contributed by atoms with E-state index >= 15 is 0 Å². The molecule has 12 heteroatoms. The molecule has 0 radical (unpaired) electrons. The number of nitriles is 1. The summed E-state index contributed by atoms with van der Waals surface area (Å²) in [6.45, 7) is 1.24. The number of aromatic nitrogens is 2. The Morgan fingerprint density at radius 3 is 2.50 bits per heavy atom. The molecule has 1 fully saturated rings. The number of carboxylic acid groups (broad SMARTS) is 1. The van der Waals surface area contributed by atoms with Gasteiger partial charge in [-0.2, -0.15) is 18.4 Å². The molecule has 3 atom stereocenters. The number of carbonyl (C=O) groups is 2. The van der Waals surface area contributed by atoms with E-state index in [2.05, 4.69) is 15.3 Å². The third-order valence-corrected chi connectivity index (χ3v) is 5.26. The van der Waals surface area contributed by atoms with Crippen LogP contribution < -0.4 is 5.32 Å². The van der Waals surface area contributed by atoms with Crippen molar-refractivity contribution in [2.75, 3.05) is 0 Å². The molecule has 2 N–H and O–H groups in total. The van der Waals surface area contributed by atoms with Crippen molar-refractivity contribution in [2.24, 2.45) is 5.92 Å². The minimum Gasteiger partial charge on any atom is -0.465 e. The van der Waals surface area contributed by atoms with Gasteiger partial charge in [-0.3, -0.25) is 9.69 Å².